The molecule has 2 nitrogen and oxygen atoms in total. The predicted octanol–water partition coefficient (Wildman–Crippen LogP) is 2.32. The van der Waals surface area contributed by atoms with Crippen molar-refractivity contribution in [1.82, 2.24) is 5.32 Å². The first-order chi connectivity index (χ1) is 6.81. The van der Waals surface area contributed by atoms with Crippen LogP contribution in [-0.4, -0.2) is 26.2 Å². The van der Waals surface area contributed by atoms with Gasteiger partial charge in [0.25, 0.3) is 0 Å². The van der Waals surface area contributed by atoms with Gasteiger partial charge in [0.05, 0.1) is 7.11 Å². The second kappa shape index (κ2) is 5.94. The van der Waals surface area contributed by atoms with E-state index in [-0.39, 0.29) is 0 Å². The Bertz CT molecular complexity index is 278. The minimum absolute atomic E-state index is 0.403. The van der Waals surface area contributed by atoms with E-state index < -0.39 is 0 Å². The molecule has 0 amide bonds. The lowest BCUT2D eigenvalue weighted by Gasteiger charge is -2.15. The number of hydrogen-bond donors (Lipinski definition) is 1. The van der Waals surface area contributed by atoms with Crippen LogP contribution in [0.15, 0.2) is 24.3 Å². The quantitative estimate of drug-likeness (QED) is 0.807. The van der Waals surface area contributed by atoms with E-state index in [4.69, 9.17) is 4.74 Å². The van der Waals surface area contributed by atoms with Crippen molar-refractivity contribution >= 4 is 11.8 Å². The Kier molecular flexibility index (Phi) is 4.84. The third kappa shape index (κ3) is 2.93. The maximum atomic E-state index is 5.19. The van der Waals surface area contributed by atoms with Crippen molar-refractivity contribution in [2.24, 2.45) is 0 Å². The van der Waals surface area contributed by atoms with Crippen LogP contribution in [0.3, 0.4) is 0 Å². The Hall–Kier alpha value is -0.670. The number of ether oxygens (including phenoxy) is 1. The van der Waals surface area contributed by atoms with E-state index in [1.807, 2.05) is 30.9 Å². The highest BCUT2D eigenvalue weighted by Gasteiger charge is 2.08. The first-order valence-corrected chi connectivity index (χ1v) is 6.01. The minimum atomic E-state index is 0.403. The highest BCUT2D eigenvalue weighted by atomic mass is 32.2. The molecule has 0 heterocycles. The Morgan fingerprint density at radius 3 is 2.86 bits per heavy atom. The summed E-state index contributed by atoms with van der Waals surface area (Å²) in [5.74, 6) is 1.99. The molecule has 0 aliphatic heterocycles. The lowest BCUT2D eigenvalue weighted by atomic mass is 10.1. The van der Waals surface area contributed by atoms with Gasteiger partial charge >= 0.3 is 0 Å². The van der Waals surface area contributed by atoms with Crippen molar-refractivity contribution in [1.29, 1.82) is 0 Å². The molecule has 0 fully saturated rings. The smallest absolute Gasteiger partial charge is 0.119 e. The second-order valence-electron chi connectivity index (χ2n) is 3.07. The maximum absolute atomic E-state index is 5.19. The number of methoxy groups -OCH3 is 1. The number of nitrogens with one attached hydrogen (secondary N) is 1. The Morgan fingerprint density at radius 2 is 2.29 bits per heavy atom. The molecule has 0 saturated heterocycles. The average Bonchev–Trinajstić information content (AvgIpc) is 2.26. The van der Waals surface area contributed by atoms with Gasteiger partial charge in [-0.25, -0.2) is 0 Å². The van der Waals surface area contributed by atoms with Crippen LogP contribution in [0, 0.1) is 0 Å². The third-order valence-electron chi connectivity index (χ3n) is 2.18. The summed E-state index contributed by atoms with van der Waals surface area (Å²) >= 11 is 1.84. The number of benzene rings is 1. The maximum Gasteiger partial charge on any atom is 0.119 e. The summed E-state index contributed by atoms with van der Waals surface area (Å²) in [6.45, 7) is 0. The van der Waals surface area contributed by atoms with Crippen molar-refractivity contribution < 1.29 is 4.74 Å². The number of thioether (sulfide) groups is 1. The van der Waals surface area contributed by atoms with Gasteiger partial charge in [0.1, 0.15) is 5.75 Å². The van der Waals surface area contributed by atoms with Crippen LogP contribution < -0.4 is 10.1 Å². The van der Waals surface area contributed by atoms with E-state index in [0.29, 0.717) is 6.04 Å². The molecule has 3 heteroatoms. The van der Waals surface area contributed by atoms with Crippen molar-refractivity contribution in [2.75, 3.05) is 26.2 Å². The van der Waals surface area contributed by atoms with Crippen molar-refractivity contribution in [3.63, 3.8) is 0 Å². The molecular weight excluding hydrogens is 194 g/mol. The number of rotatable bonds is 5. The first kappa shape index (κ1) is 11.4. The largest absolute Gasteiger partial charge is 0.497 e. The Morgan fingerprint density at radius 1 is 1.50 bits per heavy atom. The summed E-state index contributed by atoms with van der Waals surface area (Å²) in [6.07, 6.45) is 2.12. The van der Waals surface area contributed by atoms with Gasteiger partial charge in [-0.1, -0.05) is 12.1 Å². The molecule has 1 atom stereocenters. The Labute approximate surface area is 90.0 Å². The molecular formula is C11H17NOS. The van der Waals surface area contributed by atoms with Crippen LogP contribution in [0.2, 0.25) is 0 Å². The number of hydrogen-bond acceptors (Lipinski definition) is 3. The molecule has 1 unspecified atom stereocenters. The van der Waals surface area contributed by atoms with E-state index in [2.05, 4.69) is 23.7 Å². The van der Waals surface area contributed by atoms with Crippen LogP contribution in [-0.2, 0) is 0 Å². The molecule has 1 aromatic rings. The summed E-state index contributed by atoms with van der Waals surface area (Å²) < 4.78 is 5.19. The fourth-order valence-corrected chi connectivity index (χ4v) is 2.06. The van der Waals surface area contributed by atoms with Gasteiger partial charge in [-0.3, -0.25) is 0 Å². The molecule has 0 radical (unpaired) electrons. The van der Waals surface area contributed by atoms with Crippen molar-refractivity contribution in [2.45, 2.75) is 6.04 Å². The zero-order valence-corrected chi connectivity index (χ0v) is 9.73. The normalized spacial score (nSPS) is 12.5. The third-order valence-corrected chi connectivity index (χ3v) is 2.84. The molecule has 0 aliphatic rings. The van der Waals surface area contributed by atoms with Crippen LogP contribution >= 0.6 is 11.8 Å². The summed E-state index contributed by atoms with van der Waals surface area (Å²) in [7, 11) is 3.68. The topological polar surface area (TPSA) is 21.3 Å². The van der Waals surface area contributed by atoms with Crippen LogP contribution in [0.25, 0.3) is 0 Å². The first-order valence-electron chi connectivity index (χ1n) is 4.62. The van der Waals surface area contributed by atoms with Gasteiger partial charge < -0.3 is 10.1 Å². The fourth-order valence-electron chi connectivity index (χ4n) is 1.37. The highest BCUT2D eigenvalue weighted by molar-refractivity contribution is 7.98. The second-order valence-corrected chi connectivity index (χ2v) is 3.98. The van der Waals surface area contributed by atoms with E-state index in [0.717, 1.165) is 11.5 Å². The molecule has 0 aromatic heterocycles. The molecule has 0 bridgehead atoms. The predicted molar refractivity (Wildman–Crippen MR) is 63.2 cm³/mol. The Balaban J connectivity index is 2.80. The average molecular weight is 211 g/mol. The van der Waals surface area contributed by atoms with Gasteiger partial charge in [-0.15, -0.1) is 0 Å². The van der Waals surface area contributed by atoms with Crippen molar-refractivity contribution in [3.8, 4) is 5.75 Å². The van der Waals surface area contributed by atoms with E-state index in [9.17, 15) is 0 Å². The fraction of sp³-hybridized carbons (Fsp3) is 0.455. The molecule has 1 aromatic carbocycles. The lowest BCUT2D eigenvalue weighted by molar-refractivity contribution is 0.413. The molecule has 0 spiro atoms. The van der Waals surface area contributed by atoms with Gasteiger partial charge in [0, 0.05) is 11.8 Å². The molecule has 0 aliphatic carbocycles. The van der Waals surface area contributed by atoms with Gasteiger partial charge in [0.2, 0.25) is 0 Å². The van der Waals surface area contributed by atoms with Crippen LogP contribution in [0.1, 0.15) is 11.6 Å². The zero-order chi connectivity index (χ0) is 10.4. The molecule has 1 N–H and O–H groups in total. The SMILES string of the molecule is CNC(CSC)c1cccc(OC)c1. The summed E-state index contributed by atoms with van der Waals surface area (Å²) in [6, 6.07) is 8.60. The van der Waals surface area contributed by atoms with Gasteiger partial charge in [-0.05, 0) is 31.0 Å². The van der Waals surface area contributed by atoms with E-state index >= 15 is 0 Å². The van der Waals surface area contributed by atoms with Gasteiger partial charge in [-0.2, -0.15) is 11.8 Å². The lowest BCUT2D eigenvalue weighted by Crippen LogP contribution is -2.18. The molecule has 78 valence electrons. The van der Waals surface area contributed by atoms with E-state index in [1.54, 1.807) is 7.11 Å². The molecule has 1 rings (SSSR count). The zero-order valence-electron chi connectivity index (χ0n) is 8.91. The summed E-state index contributed by atoms with van der Waals surface area (Å²) in [4.78, 5) is 0. The molecule has 14 heavy (non-hydrogen) atoms. The van der Waals surface area contributed by atoms with E-state index in [1.165, 1.54) is 5.56 Å². The van der Waals surface area contributed by atoms with Crippen LogP contribution in [0.4, 0.5) is 0 Å². The highest BCUT2D eigenvalue weighted by Crippen LogP contribution is 2.21. The summed E-state index contributed by atoms with van der Waals surface area (Å²) in [5, 5.41) is 3.29. The summed E-state index contributed by atoms with van der Waals surface area (Å²) in [5.41, 5.74) is 1.28. The standard InChI is InChI=1S/C11H17NOS/c1-12-11(8-14-3)9-5-4-6-10(7-9)13-2/h4-7,11-12H,8H2,1-3H3. The van der Waals surface area contributed by atoms with Gasteiger partial charge in [0.15, 0.2) is 0 Å². The van der Waals surface area contributed by atoms with Crippen LogP contribution in [0.5, 0.6) is 5.75 Å². The minimum Gasteiger partial charge on any atom is -0.497 e. The monoisotopic (exact) mass is 211 g/mol. The van der Waals surface area contributed by atoms with Crippen molar-refractivity contribution in [3.05, 3.63) is 29.8 Å². The molecule has 0 saturated carbocycles.